The monoisotopic (exact) mass is 1190 g/mol. The number of esters is 1. The molecular weight excluding hydrogens is 1050 g/mol. The number of carbonyl (C=O) groups is 2. The zero-order valence-electron chi connectivity index (χ0n) is 55.9. The minimum absolute atomic E-state index is 0.0218. The molecule has 0 aliphatic carbocycles. The van der Waals surface area contributed by atoms with Crippen LogP contribution < -0.4 is 10.2 Å². The van der Waals surface area contributed by atoms with E-state index in [-0.39, 0.29) is 31.5 Å². The minimum Gasteiger partial charge on any atom is -0.756 e. The summed E-state index contributed by atoms with van der Waals surface area (Å²) in [7, 11) is 1.19. The van der Waals surface area contributed by atoms with E-state index >= 15 is 0 Å². The predicted molar refractivity (Wildman–Crippen MR) is 358 cm³/mol. The molecule has 3 atom stereocenters. The van der Waals surface area contributed by atoms with Crippen LogP contribution in [0.2, 0.25) is 0 Å². The maximum absolute atomic E-state index is 13.6. The Morgan fingerprint density at radius 3 is 1.12 bits per heavy atom. The molecule has 83 heavy (non-hydrogen) atoms. The van der Waals surface area contributed by atoms with Gasteiger partial charge in [0.05, 0.1) is 33.8 Å². The van der Waals surface area contributed by atoms with Crippen LogP contribution in [0.3, 0.4) is 0 Å². The number of rotatable bonds is 66. The number of phosphoric ester groups is 1. The summed E-state index contributed by atoms with van der Waals surface area (Å²) in [5, 5.41) is 3.04. The molecule has 0 rings (SSSR count). The Morgan fingerprint density at radius 1 is 0.422 bits per heavy atom. The molecule has 9 nitrogen and oxygen atoms in total. The number of ether oxygens (including phenoxy) is 1. The summed E-state index contributed by atoms with van der Waals surface area (Å²) in [6, 6.07) is -0.889. The molecule has 3 unspecified atom stereocenters. The SMILES string of the molecule is CCCCC/C=C\C/C=C\CCCCCCCCCCCC(=O)NC(COP(=O)([O-])OCC[N+](C)(C)C)C(/C=C\CCCCCCCCCCC)OC(=O)CCCCCCCCCCCCCCCCCCC/C=C/CCCCCCCC. The van der Waals surface area contributed by atoms with Crippen LogP contribution in [-0.4, -0.2) is 69.4 Å². The molecule has 0 aromatic carbocycles. The van der Waals surface area contributed by atoms with Gasteiger partial charge >= 0.3 is 5.97 Å². The van der Waals surface area contributed by atoms with Crippen molar-refractivity contribution in [3.63, 3.8) is 0 Å². The Kier molecular flexibility index (Phi) is 61.5. The Morgan fingerprint density at radius 2 is 0.735 bits per heavy atom. The van der Waals surface area contributed by atoms with Gasteiger partial charge in [0, 0.05) is 12.8 Å². The molecular formula is C73H139N2O7P. The molecule has 0 aliphatic heterocycles. The number of carbonyl (C=O) groups excluding carboxylic acids is 2. The highest BCUT2D eigenvalue weighted by Gasteiger charge is 2.27. The zero-order chi connectivity index (χ0) is 60.7. The summed E-state index contributed by atoms with van der Waals surface area (Å²) in [5.41, 5.74) is 0. The molecule has 0 heterocycles. The molecule has 488 valence electrons. The van der Waals surface area contributed by atoms with Crippen molar-refractivity contribution < 1.29 is 37.3 Å². The van der Waals surface area contributed by atoms with Crippen molar-refractivity contribution in [2.75, 3.05) is 40.9 Å². The highest BCUT2D eigenvalue weighted by atomic mass is 31.2. The normalized spacial score (nSPS) is 13.8. The Balaban J connectivity index is 4.95. The molecule has 0 radical (unpaired) electrons. The molecule has 1 amide bonds. The fourth-order valence-electron chi connectivity index (χ4n) is 10.7. The summed E-state index contributed by atoms with van der Waals surface area (Å²) in [6.45, 7) is 6.85. The lowest BCUT2D eigenvalue weighted by Crippen LogP contribution is -2.47. The van der Waals surface area contributed by atoms with Crippen LogP contribution in [0.25, 0.3) is 0 Å². The molecule has 0 saturated carbocycles. The number of amides is 1. The first-order valence-electron chi connectivity index (χ1n) is 35.9. The van der Waals surface area contributed by atoms with E-state index in [1.165, 1.54) is 244 Å². The van der Waals surface area contributed by atoms with Gasteiger partial charge in [0.25, 0.3) is 7.82 Å². The molecule has 1 N–H and O–H groups in total. The summed E-state index contributed by atoms with van der Waals surface area (Å²) in [5.74, 6) is -0.531. The number of unbranched alkanes of at least 4 members (excludes halogenated alkanes) is 44. The maximum atomic E-state index is 13.6. The van der Waals surface area contributed by atoms with Gasteiger partial charge in [0.2, 0.25) is 5.91 Å². The second kappa shape index (κ2) is 63.0. The predicted octanol–water partition coefficient (Wildman–Crippen LogP) is 22.2. The van der Waals surface area contributed by atoms with Gasteiger partial charge in [0.15, 0.2) is 0 Å². The summed E-state index contributed by atoms with van der Waals surface area (Å²) in [4.78, 5) is 40.1. The molecule has 0 aromatic rings. The lowest BCUT2D eigenvalue weighted by molar-refractivity contribution is -0.870. The van der Waals surface area contributed by atoms with Crippen LogP contribution in [0.5, 0.6) is 0 Å². The van der Waals surface area contributed by atoms with Crippen molar-refractivity contribution >= 4 is 19.7 Å². The van der Waals surface area contributed by atoms with Gasteiger partial charge in [-0.3, -0.25) is 14.2 Å². The van der Waals surface area contributed by atoms with Crippen LogP contribution in [0.15, 0.2) is 48.6 Å². The Bertz CT molecular complexity index is 1560. The van der Waals surface area contributed by atoms with E-state index in [4.69, 9.17) is 13.8 Å². The van der Waals surface area contributed by atoms with Crippen molar-refractivity contribution in [2.24, 2.45) is 0 Å². The molecule has 10 heteroatoms. The third-order valence-electron chi connectivity index (χ3n) is 16.2. The third kappa shape index (κ3) is 64.3. The van der Waals surface area contributed by atoms with Crippen LogP contribution in [0.1, 0.15) is 355 Å². The lowest BCUT2D eigenvalue weighted by atomic mass is 10.0. The number of likely N-dealkylation sites (N-methyl/N-ethyl adjacent to an activating group) is 1. The molecule has 0 saturated heterocycles. The van der Waals surface area contributed by atoms with Crippen molar-refractivity contribution in [2.45, 2.75) is 367 Å². The first-order chi connectivity index (χ1) is 40.4. The number of nitrogens with one attached hydrogen (secondary N) is 1. The molecule has 0 aromatic heterocycles. The standard InChI is InChI=1S/C73H139N2O7P/c1-7-10-13-16-19-22-25-27-29-31-33-34-35-36-37-38-39-40-42-44-46-48-51-54-57-60-63-66-73(77)82-71(64-61-58-55-52-49-24-21-18-15-12-9-3)70(69-81-83(78,79)80-68-67-75(4,5)6)74-72(76)65-62-59-56-53-50-47-45-43-41-32-30-28-26-23-20-17-14-11-8-2/h20,23,27-30,61,64,70-71H,7-19,21-22,24-26,31-60,62-63,65-69H2,1-6H3,(H-,74,76,78,79)/b23-20-,29-27+,30-28-,64-61-. The van der Waals surface area contributed by atoms with Crippen molar-refractivity contribution in [3.8, 4) is 0 Å². The molecule has 0 fully saturated rings. The van der Waals surface area contributed by atoms with Gasteiger partial charge in [-0.15, -0.1) is 0 Å². The first-order valence-corrected chi connectivity index (χ1v) is 37.4. The van der Waals surface area contributed by atoms with Crippen LogP contribution in [-0.2, 0) is 27.9 Å². The number of quaternary nitrogens is 1. The van der Waals surface area contributed by atoms with E-state index < -0.39 is 20.0 Å². The lowest BCUT2D eigenvalue weighted by Gasteiger charge is -2.30. The van der Waals surface area contributed by atoms with Gasteiger partial charge in [-0.2, -0.15) is 0 Å². The highest BCUT2D eigenvalue weighted by Crippen LogP contribution is 2.38. The van der Waals surface area contributed by atoms with Gasteiger partial charge in [-0.25, -0.2) is 0 Å². The number of nitrogens with zero attached hydrogens (tertiary/aromatic N) is 1. The Labute approximate surface area is 516 Å². The minimum atomic E-state index is -4.70. The van der Waals surface area contributed by atoms with E-state index in [0.29, 0.717) is 17.4 Å². The molecule has 0 spiro atoms. The summed E-state index contributed by atoms with van der Waals surface area (Å²) < 4.78 is 30.4. The quantitative estimate of drug-likeness (QED) is 0.0212. The van der Waals surface area contributed by atoms with E-state index in [1.54, 1.807) is 0 Å². The second-order valence-electron chi connectivity index (χ2n) is 25.7. The fourth-order valence-corrected chi connectivity index (χ4v) is 11.4. The van der Waals surface area contributed by atoms with Gasteiger partial charge in [-0.05, 0) is 89.5 Å². The first kappa shape index (κ1) is 81.0. The Hall–Kier alpha value is -2.03. The average Bonchev–Trinajstić information content (AvgIpc) is 3.52. The average molecular weight is 1190 g/mol. The topological polar surface area (TPSA) is 114 Å². The van der Waals surface area contributed by atoms with E-state index in [0.717, 1.165) is 77.0 Å². The highest BCUT2D eigenvalue weighted by molar-refractivity contribution is 7.45. The smallest absolute Gasteiger partial charge is 0.306 e. The van der Waals surface area contributed by atoms with Crippen LogP contribution in [0, 0.1) is 0 Å². The summed E-state index contributed by atoms with van der Waals surface area (Å²) >= 11 is 0. The van der Waals surface area contributed by atoms with Crippen LogP contribution in [0.4, 0.5) is 0 Å². The largest absolute Gasteiger partial charge is 0.756 e. The summed E-state index contributed by atoms with van der Waals surface area (Å²) in [6.07, 6.45) is 79.6. The fraction of sp³-hybridized carbons (Fsp3) is 0.863. The molecule has 0 bridgehead atoms. The van der Waals surface area contributed by atoms with Crippen molar-refractivity contribution in [3.05, 3.63) is 48.6 Å². The number of allylic oxidation sites excluding steroid dienone is 7. The number of hydrogen-bond donors (Lipinski definition) is 1. The zero-order valence-corrected chi connectivity index (χ0v) is 56.8. The number of hydrogen-bond acceptors (Lipinski definition) is 7. The molecule has 0 aliphatic rings. The van der Waals surface area contributed by atoms with Gasteiger partial charge < -0.3 is 28.5 Å². The van der Waals surface area contributed by atoms with Crippen molar-refractivity contribution in [1.29, 1.82) is 0 Å². The van der Waals surface area contributed by atoms with Crippen LogP contribution >= 0.6 is 7.82 Å². The van der Waals surface area contributed by atoms with E-state index in [1.807, 2.05) is 33.3 Å². The van der Waals surface area contributed by atoms with E-state index in [9.17, 15) is 19.0 Å². The van der Waals surface area contributed by atoms with E-state index in [2.05, 4.69) is 62.5 Å². The second-order valence-corrected chi connectivity index (χ2v) is 27.1. The number of phosphoric acid groups is 1. The maximum Gasteiger partial charge on any atom is 0.306 e. The van der Waals surface area contributed by atoms with Gasteiger partial charge in [0.1, 0.15) is 19.3 Å². The van der Waals surface area contributed by atoms with Crippen molar-refractivity contribution in [1.82, 2.24) is 5.32 Å². The third-order valence-corrected chi connectivity index (χ3v) is 17.2. The van der Waals surface area contributed by atoms with Gasteiger partial charge in [-0.1, -0.05) is 301 Å².